The van der Waals surface area contributed by atoms with Crippen molar-refractivity contribution in [2.45, 2.75) is 0 Å². The molecule has 0 aliphatic carbocycles. The second kappa shape index (κ2) is 9.11. The van der Waals surface area contributed by atoms with Crippen LogP contribution in [0.5, 0.6) is 0 Å². The Morgan fingerprint density at radius 2 is 1.00 bits per heavy atom. The summed E-state index contributed by atoms with van der Waals surface area (Å²) in [5, 5.41) is 8.38. The lowest BCUT2D eigenvalue weighted by Crippen LogP contribution is -1.80. The van der Waals surface area contributed by atoms with Crippen molar-refractivity contribution in [3.8, 4) is 0 Å². The monoisotopic (exact) mass is 364 g/mol. The van der Waals surface area contributed by atoms with Crippen LogP contribution in [0.15, 0.2) is 70.9 Å². The highest BCUT2D eigenvalue weighted by atomic mass is 35.5. The summed E-state index contributed by atoms with van der Waals surface area (Å²) >= 11 is 12.1. The highest BCUT2D eigenvalue weighted by Crippen LogP contribution is 2.19. The fourth-order valence-electron chi connectivity index (χ4n) is 1.69. The van der Waals surface area contributed by atoms with Crippen molar-refractivity contribution in [1.29, 1.82) is 0 Å². The second-order valence-corrected chi connectivity index (χ2v) is 5.39. The van der Waals surface area contributed by atoms with E-state index >= 15 is 0 Å². The average molecular weight is 365 g/mol. The molecule has 0 radical (unpaired) electrons. The van der Waals surface area contributed by atoms with Crippen molar-refractivity contribution in [3.05, 3.63) is 83.4 Å². The Bertz CT molecular complexity index is 723. The van der Waals surface area contributed by atoms with Crippen LogP contribution >= 0.6 is 23.2 Å². The molecule has 6 heteroatoms. The molecule has 2 rings (SSSR count). The smallest absolute Gasteiger partial charge is 0.123 e. The molecule has 0 aliphatic rings. The topological polar surface area (TPSA) is 24.7 Å². The molecular formula is C18H12Cl2F2N2. The number of allylic oxidation sites excluding steroid dienone is 2. The summed E-state index contributed by atoms with van der Waals surface area (Å²) in [5.41, 5.74) is 1.35. The third-order valence-electron chi connectivity index (χ3n) is 2.88. The molecule has 24 heavy (non-hydrogen) atoms. The van der Waals surface area contributed by atoms with E-state index in [0.29, 0.717) is 21.2 Å². The Morgan fingerprint density at radius 3 is 1.33 bits per heavy atom. The Kier molecular flexibility index (Phi) is 6.85. The Morgan fingerprint density at radius 1 is 0.667 bits per heavy atom. The fourth-order valence-corrected chi connectivity index (χ4v) is 2.05. The van der Waals surface area contributed by atoms with Crippen molar-refractivity contribution >= 4 is 45.7 Å². The van der Waals surface area contributed by atoms with E-state index in [0.717, 1.165) is 0 Å². The first kappa shape index (κ1) is 18.0. The van der Waals surface area contributed by atoms with Crippen LogP contribution < -0.4 is 0 Å². The first-order valence-electron chi connectivity index (χ1n) is 6.86. The predicted octanol–water partition coefficient (Wildman–Crippen LogP) is 5.88. The minimum Gasteiger partial charge on any atom is -0.207 e. The third-order valence-corrected chi connectivity index (χ3v) is 3.57. The van der Waals surface area contributed by atoms with E-state index in [1.54, 1.807) is 24.3 Å². The number of hydrogen-bond donors (Lipinski definition) is 0. The highest BCUT2D eigenvalue weighted by Gasteiger charge is 1.97. The molecule has 0 fully saturated rings. The molecular weight excluding hydrogens is 353 g/mol. The summed E-state index contributed by atoms with van der Waals surface area (Å²) in [6.45, 7) is 0. The maximum atomic E-state index is 12.8. The Labute approximate surface area is 148 Å². The first-order chi connectivity index (χ1) is 11.6. The zero-order valence-corrected chi connectivity index (χ0v) is 13.8. The van der Waals surface area contributed by atoms with E-state index in [1.165, 1.54) is 48.8 Å². The molecule has 0 saturated heterocycles. The molecule has 2 nitrogen and oxygen atoms in total. The van der Waals surface area contributed by atoms with Gasteiger partial charge in [0, 0.05) is 10.1 Å². The minimum atomic E-state index is -0.327. The van der Waals surface area contributed by atoms with Crippen LogP contribution in [-0.4, -0.2) is 12.4 Å². The standard InChI is InChI=1S/C18H12Cl2F2N2/c19-17(13-1-5-15(21)6-2-13)9-11-23-24-12-10-18(20)14-3-7-16(22)8-4-14/h1-12H/b17-9-,18-10-,23-11-,24-12-. The molecule has 0 saturated carbocycles. The Balaban J connectivity index is 1.94. The van der Waals surface area contributed by atoms with Gasteiger partial charge in [0.1, 0.15) is 11.6 Å². The first-order valence-corrected chi connectivity index (χ1v) is 7.62. The lowest BCUT2D eigenvalue weighted by molar-refractivity contribution is 0.627. The molecule has 122 valence electrons. The van der Waals surface area contributed by atoms with Gasteiger partial charge in [0.05, 0.1) is 12.4 Å². The van der Waals surface area contributed by atoms with Crippen molar-refractivity contribution in [1.82, 2.24) is 0 Å². The lowest BCUT2D eigenvalue weighted by atomic mass is 10.2. The number of benzene rings is 2. The highest BCUT2D eigenvalue weighted by molar-refractivity contribution is 6.50. The summed E-state index contributed by atoms with van der Waals surface area (Å²) < 4.78 is 25.6. The van der Waals surface area contributed by atoms with Gasteiger partial charge in [-0.05, 0) is 47.5 Å². The summed E-state index contributed by atoms with van der Waals surface area (Å²) in [6.07, 6.45) is 5.89. The normalized spacial score (nSPS) is 13.2. The van der Waals surface area contributed by atoms with Crippen molar-refractivity contribution in [3.63, 3.8) is 0 Å². The number of rotatable bonds is 5. The summed E-state index contributed by atoms with van der Waals surface area (Å²) in [4.78, 5) is 0. The average Bonchev–Trinajstić information content (AvgIpc) is 2.58. The number of halogens is 4. The molecule has 0 heterocycles. The maximum Gasteiger partial charge on any atom is 0.123 e. The maximum absolute atomic E-state index is 12.8. The molecule has 0 spiro atoms. The van der Waals surface area contributed by atoms with Gasteiger partial charge in [-0.25, -0.2) is 8.78 Å². The molecule has 0 bridgehead atoms. The van der Waals surface area contributed by atoms with Gasteiger partial charge in [-0.3, -0.25) is 0 Å². The lowest BCUT2D eigenvalue weighted by Gasteiger charge is -1.97. The van der Waals surface area contributed by atoms with E-state index in [9.17, 15) is 8.78 Å². The van der Waals surface area contributed by atoms with Crippen LogP contribution in [0.3, 0.4) is 0 Å². The van der Waals surface area contributed by atoms with Gasteiger partial charge < -0.3 is 0 Å². The van der Waals surface area contributed by atoms with Crippen molar-refractivity contribution < 1.29 is 8.78 Å². The van der Waals surface area contributed by atoms with Crippen molar-refractivity contribution in [2.24, 2.45) is 10.2 Å². The number of hydrogen-bond acceptors (Lipinski definition) is 2. The summed E-state index contributed by atoms with van der Waals surface area (Å²) in [5.74, 6) is -0.655. The van der Waals surface area contributed by atoms with E-state index in [-0.39, 0.29) is 11.6 Å². The van der Waals surface area contributed by atoms with Crippen LogP contribution in [0.1, 0.15) is 11.1 Å². The quantitative estimate of drug-likeness (QED) is 0.467. The SMILES string of the molecule is Fc1ccc(/C(Cl)=C/C=N\N=C/C=C(\Cl)c2ccc(F)cc2)cc1. The van der Waals surface area contributed by atoms with Gasteiger partial charge in [-0.15, -0.1) is 0 Å². The van der Waals surface area contributed by atoms with Crippen LogP contribution in [0, 0.1) is 11.6 Å². The fraction of sp³-hybridized carbons (Fsp3) is 0. The van der Waals surface area contributed by atoms with Gasteiger partial charge in [0.2, 0.25) is 0 Å². The zero-order valence-electron chi connectivity index (χ0n) is 12.3. The van der Waals surface area contributed by atoms with Gasteiger partial charge in [-0.2, -0.15) is 10.2 Å². The second-order valence-electron chi connectivity index (χ2n) is 4.57. The summed E-state index contributed by atoms with van der Waals surface area (Å²) in [6, 6.07) is 11.6. The molecule has 0 aromatic heterocycles. The predicted molar refractivity (Wildman–Crippen MR) is 97.4 cm³/mol. The molecule has 2 aromatic rings. The molecule has 0 unspecified atom stereocenters. The third kappa shape index (κ3) is 5.72. The van der Waals surface area contributed by atoms with Crippen LogP contribution in [0.4, 0.5) is 8.78 Å². The van der Waals surface area contributed by atoms with Gasteiger partial charge in [0.25, 0.3) is 0 Å². The zero-order chi connectivity index (χ0) is 17.4. The molecule has 2 aromatic carbocycles. The van der Waals surface area contributed by atoms with Gasteiger partial charge in [0.15, 0.2) is 0 Å². The van der Waals surface area contributed by atoms with Crippen molar-refractivity contribution in [2.75, 3.05) is 0 Å². The molecule has 0 aliphatic heterocycles. The van der Waals surface area contributed by atoms with E-state index < -0.39 is 0 Å². The Hall–Kier alpha value is -2.30. The minimum absolute atomic E-state index is 0.327. The van der Waals surface area contributed by atoms with E-state index in [1.807, 2.05) is 0 Å². The number of nitrogens with zero attached hydrogens (tertiary/aromatic N) is 2. The van der Waals surface area contributed by atoms with Crippen LogP contribution in [0.25, 0.3) is 10.1 Å². The summed E-state index contributed by atoms with van der Waals surface area (Å²) in [7, 11) is 0. The van der Waals surface area contributed by atoms with E-state index in [2.05, 4.69) is 10.2 Å². The van der Waals surface area contributed by atoms with Gasteiger partial charge in [-0.1, -0.05) is 47.5 Å². The van der Waals surface area contributed by atoms with Crippen LogP contribution in [0.2, 0.25) is 0 Å². The molecule has 0 amide bonds. The van der Waals surface area contributed by atoms with E-state index in [4.69, 9.17) is 23.2 Å². The van der Waals surface area contributed by atoms with Gasteiger partial charge >= 0.3 is 0 Å². The molecule has 0 N–H and O–H groups in total. The van der Waals surface area contributed by atoms with Crippen LogP contribution in [-0.2, 0) is 0 Å². The largest absolute Gasteiger partial charge is 0.207 e. The molecule has 0 atom stereocenters.